The van der Waals surface area contributed by atoms with Crippen molar-refractivity contribution in [3.05, 3.63) is 87.0 Å². The van der Waals surface area contributed by atoms with Crippen LogP contribution < -0.4 is 136 Å². The zero-order valence-electron chi connectivity index (χ0n) is 52.7. The maximum absolute atomic E-state index is 2.78. The molecule has 0 heterocycles. The average Bonchev–Trinajstić information content (AvgIpc) is 3.38. The van der Waals surface area contributed by atoms with Crippen molar-refractivity contribution in [3.63, 3.8) is 0 Å². The molecular weight excluding hydrogens is 910 g/mol. The second kappa shape index (κ2) is 18.3. The molecule has 0 radical (unpaired) electrons. The van der Waals surface area contributed by atoms with Gasteiger partial charge in [-0.25, -0.2) is 0 Å². The molecule has 8 aromatic rings. The Hall–Kier alpha value is -4.88. The van der Waals surface area contributed by atoms with Gasteiger partial charge in [0.05, 0.1) is 11.1 Å². The highest BCUT2D eigenvalue weighted by atomic mass is 15.2. The van der Waals surface area contributed by atoms with E-state index in [2.05, 4.69) is 250 Å². The Bertz CT molecular complexity index is 4070. The molecule has 1 nitrogen and oxygen atoms in total. The second-order valence-electron chi connectivity index (χ2n) is 26.0. The molecule has 0 fully saturated rings. The standard InChI is InChI=1S/C53H63B24N/c1-52(2)15-7-19(56)18(55)6-13(15)26-20(57)9-24(36(63)29(26)52)78(23-10-21(58)34(61)14-5-12-11(25(14)23)3-4-17(54)33(12)60)51-22(59)8-16(35(62)50(51)77)53(32-41(68)47(74)49(76)48(75)42(32)69)30-27(37(64)43(70)45(72)39(30)66)28-31(53)40(67)46(73)44(71)38(28)65/h3-4,6-10H,5,54-77H2,1-2H3. The molecule has 352 valence electrons. The fourth-order valence-electron chi connectivity index (χ4n) is 16.3. The normalized spacial score (nSPS) is 13.9. The lowest BCUT2D eigenvalue weighted by molar-refractivity contribution is 0.665. The molecule has 0 atom stereocenters. The van der Waals surface area contributed by atoms with E-state index in [9.17, 15) is 0 Å². The molecule has 25 heteroatoms. The first-order valence-corrected chi connectivity index (χ1v) is 29.2. The fourth-order valence-corrected chi connectivity index (χ4v) is 16.3. The van der Waals surface area contributed by atoms with Crippen LogP contribution in [-0.2, 0) is 17.3 Å². The van der Waals surface area contributed by atoms with Crippen LogP contribution in [0.3, 0.4) is 0 Å². The van der Waals surface area contributed by atoms with Crippen LogP contribution >= 0.6 is 0 Å². The van der Waals surface area contributed by atoms with Gasteiger partial charge in [-0.2, -0.15) is 0 Å². The van der Waals surface area contributed by atoms with Gasteiger partial charge in [0.1, 0.15) is 188 Å². The maximum atomic E-state index is 2.78. The molecule has 11 rings (SSSR count). The summed E-state index contributed by atoms with van der Waals surface area (Å²) in [5.41, 5.74) is 56.6. The van der Waals surface area contributed by atoms with Gasteiger partial charge >= 0.3 is 0 Å². The van der Waals surface area contributed by atoms with Crippen LogP contribution in [0.5, 0.6) is 0 Å². The van der Waals surface area contributed by atoms with E-state index < -0.39 is 5.41 Å². The Balaban J connectivity index is 1.34. The van der Waals surface area contributed by atoms with Gasteiger partial charge in [-0.15, -0.1) is 38.2 Å². The molecule has 0 saturated carbocycles. The molecule has 0 N–H and O–H groups in total. The van der Waals surface area contributed by atoms with Crippen molar-refractivity contribution >= 4 is 336 Å². The monoisotopic (exact) mass is 978 g/mol. The van der Waals surface area contributed by atoms with Crippen molar-refractivity contribution in [1.82, 2.24) is 0 Å². The van der Waals surface area contributed by atoms with E-state index in [0.717, 1.165) is 6.42 Å². The summed E-state index contributed by atoms with van der Waals surface area (Å²) in [6.45, 7) is 4.96. The molecule has 78 heavy (non-hydrogen) atoms. The molecule has 0 aromatic heterocycles. The number of anilines is 3. The first-order valence-electron chi connectivity index (χ1n) is 29.2. The summed E-state index contributed by atoms with van der Waals surface area (Å²) in [5, 5.41) is 0. The topological polar surface area (TPSA) is 3.24 Å². The minimum absolute atomic E-state index is 0.190. The van der Waals surface area contributed by atoms with E-state index in [-0.39, 0.29) is 5.41 Å². The van der Waals surface area contributed by atoms with Crippen molar-refractivity contribution in [1.29, 1.82) is 0 Å². The average molecular weight is 974 g/mol. The zero-order valence-corrected chi connectivity index (χ0v) is 52.7. The Morgan fingerprint density at radius 1 is 0.308 bits per heavy atom. The van der Waals surface area contributed by atoms with E-state index in [4.69, 9.17) is 0 Å². The van der Waals surface area contributed by atoms with Gasteiger partial charge in [0, 0.05) is 22.4 Å². The van der Waals surface area contributed by atoms with E-state index in [1.165, 1.54) is 226 Å². The minimum atomic E-state index is -0.603. The van der Waals surface area contributed by atoms with Gasteiger partial charge in [0.2, 0.25) is 0 Å². The van der Waals surface area contributed by atoms with Crippen LogP contribution in [0.1, 0.15) is 58.4 Å². The number of nitrogens with zero attached hydrogens (tertiary/aromatic N) is 1. The third-order valence-electron chi connectivity index (χ3n) is 22.3. The Kier molecular flexibility index (Phi) is 12.9. The fraction of sp³-hybridized carbons (Fsp3) is 0.0943. The van der Waals surface area contributed by atoms with Gasteiger partial charge in [0.15, 0.2) is 0 Å². The number of hydrogen-bond acceptors (Lipinski definition) is 1. The molecular formula is C53H63B24N. The van der Waals surface area contributed by atoms with Gasteiger partial charge in [-0.05, 0) is 90.9 Å². The number of rotatable bonds is 5. The Morgan fingerprint density at radius 3 is 1.32 bits per heavy atom. The highest BCUT2D eigenvalue weighted by molar-refractivity contribution is 6.70. The molecule has 3 aliphatic carbocycles. The summed E-state index contributed by atoms with van der Waals surface area (Å²) in [5.74, 6) is 0. The quantitative estimate of drug-likeness (QED) is 0.155. The lowest BCUT2D eigenvalue weighted by Gasteiger charge is -2.44. The summed E-state index contributed by atoms with van der Waals surface area (Å²) in [4.78, 5) is 2.78. The van der Waals surface area contributed by atoms with Crippen LogP contribution in [0.4, 0.5) is 17.1 Å². The summed E-state index contributed by atoms with van der Waals surface area (Å²) in [6.07, 6.45) is 0.955. The third kappa shape index (κ3) is 6.96. The van der Waals surface area contributed by atoms with Crippen LogP contribution in [0.2, 0.25) is 0 Å². The first kappa shape index (κ1) is 55.0. The first-order chi connectivity index (χ1) is 36.5. The summed E-state index contributed by atoms with van der Waals surface area (Å²) in [7, 11) is 57.5. The minimum Gasteiger partial charge on any atom is -0.312 e. The van der Waals surface area contributed by atoms with Crippen molar-refractivity contribution < 1.29 is 0 Å². The van der Waals surface area contributed by atoms with Crippen molar-refractivity contribution in [2.75, 3.05) is 4.90 Å². The molecule has 0 unspecified atom stereocenters. The number of hydrogen-bond donors (Lipinski definition) is 0. The van der Waals surface area contributed by atoms with Gasteiger partial charge < -0.3 is 4.90 Å². The lowest BCUT2D eigenvalue weighted by Crippen LogP contribution is -2.62. The van der Waals surface area contributed by atoms with Crippen LogP contribution in [0.15, 0.2) is 42.5 Å². The maximum Gasteiger partial charge on any atom is 0.142 e. The van der Waals surface area contributed by atoms with Gasteiger partial charge in [0.25, 0.3) is 0 Å². The van der Waals surface area contributed by atoms with Crippen LogP contribution in [0.25, 0.3) is 33.4 Å². The SMILES string of the molecule is Bc1cc2c(cc1B)C(C)(C)c1c(B)c(N(c3cc(B)c(B)c4c3-c3ccc(B)c(B)c3C4)c3c(B)cc(C4(c5c(B)c(B)c(B)c(B)c5B)c5c(B)c(B)c(B)c(B)c5-c5c(B)c(B)c(B)c(B)c54)c(B)c3B)cc(B)c1-2. The van der Waals surface area contributed by atoms with Crippen molar-refractivity contribution in [3.8, 4) is 33.4 Å². The molecule has 3 aliphatic rings. The summed E-state index contributed by atoms with van der Waals surface area (Å²) in [6, 6.07) is 17.6. The van der Waals surface area contributed by atoms with E-state index in [0.29, 0.717) is 0 Å². The van der Waals surface area contributed by atoms with Crippen molar-refractivity contribution in [2.24, 2.45) is 0 Å². The molecule has 0 spiro atoms. The number of fused-ring (bicyclic) bond motifs is 9. The molecule has 0 amide bonds. The predicted octanol–water partition coefficient (Wildman–Crippen LogP) is -28.4. The smallest absolute Gasteiger partial charge is 0.142 e. The molecule has 0 bridgehead atoms. The van der Waals surface area contributed by atoms with E-state index in [1.54, 1.807) is 0 Å². The van der Waals surface area contributed by atoms with Crippen LogP contribution in [0, 0.1) is 0 Å². The van der Waals surface area contributed by atoms with Gasteiger partial charge in [-0.1, -0.05) is 137 Å². The molecule has 0 aliphatic heterocycles. The lowest BCUT2D eigenvalue weighted by atomic mass is 9.49. The molecule has 0 saturated heterocycles. The Labute approximate surface area is 489 Å². The van der Waals surface area contributed by atoms with E-state index >= 15 is 0 Å². The zero-order chi connectivity index (χ0) is 56.9. The highest BCUT2D eigenvalue weighted by Gasteiger charge is 2.52. The summed E-state index contributed by atoms with van der Waals surface area (Å²) >= 11 is 0. The third-order valence-corrected chi connectivity index (χ3v) is 22.3. The number of benzene rings is 8. The largest absolute Gasteiger partial charge is 0.312 e. The predicted molar refractivity (Wildman–Crippen MR) is 421 cm³/mol. The second-order valence-corrected chi connectivity index (χ2v) is 26.0. The van der Waals surface area contributed by atoms with Gasteiger partial charge in [-0.3, -0.25) is 0 Å². The van der Waals surface area contributed by atoms with Crippen LogP contribution in [-0.4, -0.2) is 188 Å². The summed E-state index contributed by atoms with van der Waals surface area (Å²) < 4.78 is 0. The highest BCUT2D eigenvalue weighted by Crippen LogP contribution is 2.53. The van der Waals surface area contributed by atoms with Crippen molar-refractivity contribution in [2.45, 2.75) is 31.1 Å². The molecule has 8 aromatic carbocycles. The Morgan fingerprint density at radius 2 is 0.769 bits per heavy atom. The van der Waals surface area contributed by atoms with E-state index in [1.807, 2.05) is 0 Å².